The number of aryl methyl sites for hydroxylation is 1. The van der Waals surface area contributed by atoms with Crippen molar-refractivity contribution in [2.75, 3.05) is 0 Å². The number of carboxylic acid groups (broad SMARTS) is 1. The van der Waals surface area contributed by atoms with Crippen molar-refractivity contribution in [3.05, 3.63) is 51.1 Å². The zero-order valence-corrected chi connectivity index (χ0v) is 12.2. The number of carboxylic acids is 1. The average molecular weight is 343 g/mol. The van der Waals surface area contributed by atoms with Gasteiger partial charge >= 0.3 is 5.97 Å². The highest BCUT2D eigenvalue weighted by atomic mass is 79.9. The van der Waals surface area contributed by atoms with E-state index in [4.69, 9.17) is 21.4 Å². The van der Waals surface area contributed by atoms with Gasteiger partial charge in [-0.25, -0.2) is 9.78 Å². The molecule has 98 valence electrons. The molecule has 0 atom stereocenters. The molecule has 0 radical (unpaired) electrons. The maximum atomic E-state index is 10.9. The summed E-state index contributed by atoms with van der Waals surface area (Å²) >= 11 is 9.08. The first kappa shape index (κ1) is 13.8. The summed E-state index contributed by atoms with van der Waals surface area (Å²) in [5, 5.41) is 9.44. The molecule has 0 aliphatic carbocycles. The number of halogens is 2. The van der Waals surface area contributed by atoms with E-state index in [9.17, 15) is 4.79 Å². The third kappa shape index (κ3) is 3.24. The number of hydrogen-bond acceptors (Lipinski definition) is 3. The monoisotopic (exact) mass is 341 g/mol. The van der Waals surface area contributed by atoms with Crippen LogP contribution in [0, 0.1) is 6.92 Å². The molecule has 6 heteroatoms. The summed E-state index contributed by atoms with van der Waals surface area (Å²) in [5.74, 6) is -0.238. The van der Waals surface area contributed by atoms with Crippen LogP contribution in [0.15, 0.2) is 34.9 Å². The molecule has 19 heavy (non-hydrogen) atoms. The summed E-state index contributed by atoms with van der Waals surface area (Å²) in [4.78, 5) is 15.0. The quantitative estimate of drug-likeness (QED) is 0.903. The molecule has 0 spiro atoms. The van der Waals surface area contributed by atoms with Gasteiger partial charge in [-0.15, -0.1) is 0 Å². The molecule has 0 amide bonds. The fourth-order valence-corrected chi connectivity index (χ4v) is 2.14. The Kier molecular flexibility index (Phi) is 4.07. The van der Waals surface area contributed by atoms with Crippen LogP contribution in [0.2, 0.25) is 5.02 Å². The maximum absolute atomic E-state index is 10.9. The number of hydrogen-bond donors (Lipinski definition) is 1. The summed E-state index contributed by atoms with van der Waals surface area (Å²) in [6.45, 7) is 1.82. The second-order valence-corrected chi connectivity index (χ2v) is 5.12. The smallest absolute Gasteiger partial charge is 0.335 e. The summed E-state index contributed by atoms with van der Waals surface area (Å²) in [5.41, 5.74) is 0.972. The topological polar surface area (TPSA) is 59.4 Å². The first-order valence-electron chi connectivity index (χ1n) is 5.30. The normalized spacial score (nSPS) is 10.3. The van der Waals surface area contributed by atoms with Crippen LogP contribution in [-0.2, 0) is 0 Å². The van der Waals surface area contributed by atoms with Gasteiger partial charge in [0.05, 0.1) is 15.1 Å². The summed E-state index contributed by atoms with van der Waals surface area (Å²) in [6.07, 6.45) is 1.46. The van der Waals surface area contributed by atoms with Gasteiger partial charge < -0.3 is 9.84 Å². The molecule has 1 aromatic heterocycles. The molecule has 0 saturated carbocycles. The molecular weight excluding hydrogens is 334 g/mol. The lowest BCUT2D eigenvalue weighted by molar-refractivity contribution is 0.0696. The zero-order chi connectivity index (χ0) is 14.0. The molecule has 0 saturated heterocycles. The van der Waals surface area contributed by atoms with E-state index in [1.165, 1.54) is 18.3 Å². The van der Waals surface area contributed by atoms with Crippen LogP contribution in [0.1, 0.15) is 15.9 Å². The van der Waals surface area contributed by atoms with Crippen molar-refractivity contribution in [3.8, 4) is 11.6 Å². The third-order valence-corrected chi connectivity index (χ3v) is 3.19. The second kappa shape index (κ2) is 5.59. The van der Waals surface area contributed by atoms with E-state index in [0.717, 1.165) is 5.56 Å². The van der Waals surface area contributed by atoms with Crippen molar-refractivity contribution in [3.63, 3.8) is 0 Å². The number of carbonyl (C=O) groups is 1. The molecule has 1 heterocycles. The number of aromatic nitrogens is 1. The highest BCUT2D eigenvalue weighted by molar-refractivity contribution is 9.10. The van der Waals surface area contributed by atoms with Crippen molar-refractivity contribution in [2.24, 2.45) is 0 Å². The second-order valence-electron chi connectivity index (χ2n) is 3.83. The Balaban J connectivity index is 2.37. The number of aromatic carboxylic acids is 1. The van der Waals surface area contributed by atoms with Gasteiger partial charge in [-0.05, 0) is 46.6 Å². The molecular formula is C13H9BrClNO3. The molecule has 1 aromatic carbocycles. The van der Waals surface area contributed by atoms with Crippen molar-refractivity contribution >= 4 is 33.5 Å². The van der Waals surface area contributed by atoms with E-state index in [0.29, 0.717) is 21.1 Å². The van der Waals surface area contributed by atoms with E-state index in [-0.39, 0.29) is 5.56 Å². The predicted octanol–water partition coefficient (Wildman–Crippen LogP) is 4.30. The number of benzene rings is 1. The Hall–Kier alpha value is -1.59. The van der Waals surface area contributed by atoms with Crippen molar-refractivity contribution < 1.29 is 14.6 Å². The maximum Gasteiger partial charge on any atom is 0.335 e. The summed E-state index contributed by atoms with van der Waals surface area (Å²) < 4.78 is 6.20. The van der Waals surface area contributed by atoms with Gasteiger partial charge in [0.2, 0.25) is 5.88 Å². The largest absolute Gasteiger partial charge is 0.478 e. The Morgan fingerprint density at radius 1 is 1.42 bits per heavy atom. The van der Waals surface area contributed by atoms with Gasteiger partial charge in [0, 0.05) is 6.20 Å². The fraction of sp³-hybridized carbons (Fsp3) is 0.0769. The minimum Gasteiger partial charge on any atom is -0.478 e. The Morgan fingerprint density at radius 3 is 2.79 bits per heavy atom. The number of nitrogens with zero attached hydrogens (tertiary/aromatic N) is 1. The minimum atomic E-state index is -1.01. The lowest BCUT2D eigenvalue weighted by Crippen LogP contribution is -1.98. The van der Waals surface area contributed by atoms with E-state index >= 15 is 0 Å². The van der Waals surface area contributed by atoms with Crippen LogP contribution < -0.4 is 4.74 Å². The van der Waals surface area contributed by atoms with Crippen LogP contribution in [-0.4, -0.2) is 16.1 Å². The first-order chi connectivity index (χ1) is 8.97. The standard InChI is InChI=1S/C13H9BrClNO3/c1-7-2-3-8(13(17)18)4-11(7)19-12-10(14)5-9(15)6-16-12/h2-6H,1H3,(H,17,18). The Labute approximate surface area is 123 Å². The van der Waals surface area contributed by atoms with Crippen LogP contribution in [0.4, 0.5) is 0 Å². The lowest BCUT2D eigenvalue weighted by atomic mass is 10.1. The van der Waals surface area contributed by atoms with Gasteiger partial charge in [0.15, 0.2) is 0 Å². The lowest BCUT2D eigenvalue weighted by Gasteiger charge is -2.10. The molecule has 0 bridgehead atoms. The van der Waals surface area contributed by atoms with Gasteiger partial charge in [-0.3, -0.25) is 0 Å². The molecule has 2 aromatic rings. The third-order valence-electron chi connectivity index (χ3n) is 2.42. The highest BCUT2D eigenvalue weighted by Gasteiger charge is 2.10. The Morgan fingerprint density at radius 2 is 2.16 bits per heavy atom. The zero-order valence-electron chi connectivity index (χ0n) is 9.85. The van der Waals surface area contributed by atoms with Crippen LogP contribution in [0.3, 0.4) is 0 Å². The van der Waals surface area contributed by atoms with Gasteiger partial charge in [-0.2, -0.15) is 0 Å². The molecule has 0 fully saturated rings. The van der Waals surface area contributed by atoms with E-state index in [2.05, 4.69) is 20.9 Å². The van der Waals surface area contributed by atoms with Gasteiger partial charge in [0.25, 0.3) is 0 Å². The fourth-order valence-electron chi connectivity index (χ4n) is 1.42. The van der Waals surface area contributed by atoms with Crippen molar-refractivity contribution in [1.82, 2.24) is 4.98 Å². The van der Waals surface area contributed by atoms with E-state index in [1.54, 1.807) is 12.1 Å². The molecule has 0 unspecified atom stereocenters. The van der Waals surface area contributed by atoms with E-state index < -0.39 is 5.97 Å². The predicted molar refractivity (Wildman–Crippen MR) is 75.2 cm³/mol. The van der Waals surface area contributed by atoms with Crippen molar-refractivity contribution in [2.45, 2.75) is 6.92 Å². The highest BCUT2D eigenvalue weighted by Crippen LogP contribution is 2.31. The molecule has 1 N–H and O–H groups in total. The molecule has 0 aliphatic heterocycles. The van der Waals surface area contributed by atoms with Crippen molar-refractivity contribution in [1.29, 1.82) is 0 Å². The SMILES string of the molecule is Cc1ccc(C(=O)O)cc1Oc1ncc(Cl)cc1Br. The molecule has 2 rings (SSSR count). The number of rotatable bonds is 3. The Bertz CT molecular complexity index is 646. The summed E-state index contributed by atoms with van der Waals surface area (Å²) in [7, 11) is 0. The van der Waals surface area contributed by atoms with Crippen LogP contribution in [0.25, 0.3) is 0 Å². The molecule has 0 aliphatic rings. The first-order valence-corrected chi connectivity index (χ1v) is 6.47. The number of ether oxygens (including phenoxy) is 1. The van der Waals surface area contributed by atoms with Crippen LogP contribution in [0.5, 0.6) is 11.6 Å². The molecule has 4 nitrogen and oxygen atoms in total. The van der Waals surface area contributed by atoms with Crippen LogP contribution >= 0.6 is 27.5 Å². The van der Waals surface area contributed by atoms with E-state index in [1.807, 2.05) is 6.92 Å². The van der Waals surface area contributed by atoms with Gasteiger partial charge in [-0.1, -0.05) is 17.7 Å². The van der Waals surface area contributed by atoms with Gasteiger partial charge in [0.1, 0.15) is 5.75 Å². The summed E-state index contributed by atoms with van der Waals surface area (Å²) in [6, 6.07) is 6.32. The number of pyridine rings is 1. The minimum absolute atomic E-state index is 0.158. The average Bonchev–Trinajstić information content (AvgIpc) is 2.34.